The molecule has 2 rings (SSSR count). The quantitative estimate of drug-likeness (QED) is 0.625. The van der Waals surface area contributed by atoms with Crippen molar-refractivity contribution in [1.29, 1.82) is 0 Å². The van der Waals surface area contributed by atoms with Crippen LogP contribution in [-0.4, -0.2) is 25.2 Å². The highest BCUT2D eigenvalue weighted by molar-refractivity contribution is 6.18. The molecule has 1 heterocycles. The SMILES string of the molecule is Fc1cc(OC2CCCOC2)ccc1C#CCCCl. The second-order valence-corrected chi connectivity index (χ2v) is 4.72. The fourth-order valence-electron chi connectivity index (χ4n) is 1.87. The molecule has 0 bridgehead atoms. The van der Waals surface area contributed by atoms with E-state index in [1.165, 1.54) is 6.07 Å². The van der Waals surface area contributed by atoms with Gasteiger partial charge in [0.2, 0.25) is 0 Å². The number of alkyl halides is 1. The van der Waals surface area contributed by atoms with E-state index in [4.69, 9.17) is 21.1 Å². The Morgan fingerprint density at radius 1 is 1.47 bits per heavy atom. The van der Waals surface area contributed by atoms with Gasteiger partial charge in [-0.05, 0) is 25.0 Å². The lowest BCUT2D eigenvalue weighted by atomic mass is 10.1. The largest absolute Gasteiger partial charge is 0.488 e. The highest BCUT2D eigenvalue weighted by Gasteiger charge is 2.15. The first-order valence-electron chi connectivity index (χ1n) is 6.38. The maximum Gasteiger partial charge on any atom is 0.142 e. The minimum atomic E-state index is -0.365. The van der Waals surface area contributed by atoms with Gasteiger partial charge in [0.05, 0.1) is 12.2 Å². The van der Waals surface area contributed by atoms with Gasteiger partial charge in [0.25, 0.3) is 0 Å². The first-order chi connectivity index (χ1) is 9.29. The van der Waals surface area contributed by atoms with Crippen LogP contribution in [0.5, 0.6) is 5.75 Å². The third kappa shape index (κ3) is 4.41. The van der Waals surface area contributed by atoms with Crippen molar-refractivity contribution in [2.24, 2.45) is 0 Å². The Bertz CT molecular complexity index is 473. The van der Waals surface area contributed by atoms with Crippen LogP contribution in [0.1, 0.15) is 24.8 Å². The van der Waals surface area contributed by atoms with Crippen LogP contribution in [0.3, 0.4) is 0 Å². The molecular weight excluding hydrogens is 267 g/mol. The monoisotopic (exact) mass is 282 g/mol. The van der Waals surface area contributed by atoms with E-state index in [0.717, 1.165) is 19.4 Å². The van der Waals surface area contributed by atoms with E-state index in [-0.39, 0.29) is 11.9 Å². The fraction of sp³-hybridized carbons (Fsp3) is 0.467. The molecular formula is C15H16ClFO2. The molecule has 0 aliphatic carbocycles. The molecule has 1 aliphatic rings. The van der Waals surface area contributed by atoms with E-state index in [9.17, 15) is 4.39 Å². The van der Waals surface area contributed by atoms with Crippen LogP contribution in [0, 0.1) is 17.7 Å². The zero-order valence-electron chi connectivity index (χ0n) is 10.6. The normalized spacial score (nSPS) is 18.5. The molecule has 2 nitrogen and oxygen atoms in total. The van der Waals surface area contributed by atoms with Gasteiger partial charge in [-0.1, -0.05) is 11.8 Å². The van der Waals surface area contributed by atoms with Crippen LogP contribution in [0.25, 0.3) is 0 Å². The van der Waals surface area contributed by atoms with Crippen molar-refractivity contribution in [3.05, 3.63) is 29.6 Å². The highest BCUT2D eigenvalue weighted by atomic mass is 35.5. The summed E-state index contributed by atoms with van der Waals surface area (Å²) in [5.74, 6) is 6.18. The summed E-state index contributed by atoms with van der Waals surface area (Å²) >= 11 is 5.51. The van der Waals surface area contributed by atoms with Gasteiger partial charge in [-0.25, -0.2) is 4.39 Å². The Hall–Kier alpha value is -1.24. The lowest BCUT2D eigenvalue weighted by molar-refractivity contribution is 0.00731. The number of hydrogen-bond donors (Lipinski definition) is 0. The number of ether oxygens (including phenoxy) is 2. The molecule has 0 spiro atoms. The summed E-state index contributed by atoms with van der Waals surface area (Å²) in [6.07, 6.45) is 2.49. The van der Waals surface area contributed by atoms with Crippen LogP contribution in [0.4, 0.5) is 4.39 Å². The molecule has 102 valence electrons. The van der Waals surface area contributed by atoms with Crippen molar-refractivity contribution < 1.29 is 13.9 Å². The molecule has 1 unspecified atom stereocenters. The van der Waals surface area contributed by atoms with Crippen molar-refractivity contribution in [1.82, 2.24) is 0 Å². The summed E-state index contributed by atoms with van der Waals surface area (Å²) in [6.45, 7) is 1.35. The number of benzene rings is 1. The molecule has 0 radical (unpaired) electrons. The molecule has 1 atom stereocenters. The van der Waals surface area contributed by atoms with Gasteiger partial charge in [0.15, 0.2) is 0 Å². The van der Waals surface area contributed by atoms with E-state index in [0.29, 0.717) is 30.2 Å². The van der Waals surface area contributed by atoms with Crippen LogP contribution in [-0.2, 0) is 4.74 Å². The Kier molecular flexibility index (Phi) is 5.50. The van der Waals surface area contributed by atoms with Crippen molar-refractivity contribution in [2.75, 3.05) is 19.1 Å². The molecule has 1 aliphatic heterocycles. The van der Waals surface area contributed by atoms with Crippen molar-refractivity contribution >= 4 is 11.6 Å². The van der Waals surface area contributed by atoms with Crippen molar-refractivity contribution in [2.45, 2.75) is 25.4 Å². The Labute approximate surface area is 117 Å². The molecule has 1 aromatic rings. The number of halogens is 2. The minimum absolute atomic E-state index is 0.0151. The third-order valence-corrected chi connectivity index (χ3v) is 2.99. The zero-order valence-corrected chi connectivity index (χ0v) is 11.4. The summed E-state index contributed by atoms with van der Waals surface area (Å²) < 4.78 is 24.8. The Balaban J connectivity index is 2.00. The molecule has 1 aromatic carbocycles. The number of rotatable bonds is 3. The van der Waals surface area contributed by atoms with E-state index < -0.39 is 0 Å². The van der Waals surface area contributed by atoms with Gasteiger partial charge < -0.3 is 9.47 Å². The minimum Gasteiger partial charge on any atom is -0.488 e. The van der Waals surface area contributed by atoms with Gasteiger partial charge in [0.1, 0.15) is 17.7 Å². The van der Waals surface area contributed by atoms with E-state index in [2.05, 4.69) is 11.8 Å². The van der Waals surface area contributed by atoms with Crippen LogP contribution in [0.15, 0.2) is 18.2 Å². The smallest absolute Gasteiger partial charge is 0.142 e. The molecule has 1 fully saturated rings. The fourth-order valence-corrected chi connectivity index (χ4v) is 1.97. The maximum absolute atomic E-state index is 13.8. The van der Waals surface area contributed by atoms with Crippen molar-refractivity contribution in [3.8, 4) is 17.6 Å². The number of hydrogen-bond acceptors (Lipinski definition) is 2. The van der Waals surface area contributed by atoms with Crippen molar-refractivity contribution in [3.63, 3.8) is 0 Å². The summed E-state index contributed by atoms with van der Waals surface area (Å²) in [5.41, 5.74) is 0.373. The maximum atomic E-state index is 13.8. The van der Waals surface area contributed by atoms with Crippen LogP contribution >= 0.6 is 11.6 Å². The third-order valence-electron chi connectivity index (χ3n) is 2.80. The topological polar surface area (TPSA) is 18.5 Å². The molecule has 0 amide bonds. The van der Waals surface area contributed by atoms with Gasteiger partial charge in [0, 0.05) is 25.0 Å². The first-order valence-corrected chi connectivity index (χ1v) is 6.92. The second-order valence-electron chi connectivity index (χ2n) is 4.34. The van der Waals surface area contributed by atoms with Gasteiger partial charge in [-0.3, -0.25) is 0 Å². The van der Waals surface area contributed by atoms with E-state index in [1.807, 2.05) is 0 Å². The average molecular weight is 283 g/mol. The molecule has 1 saturated heterocycles. The molecule has 0 N–H and O–H groups in total. The summed E-state index contributed by atoms with van der Waals surface area (Å²) in [7, 11) is 0. The second kappa shape index (κ2) is 7.37. The molecule has 4 heteroatoms. The first kappa shape index (κ1) is 14.2. The van der Waals surface area contributed by atoms with Crippen LogP contribution in [0.2, 0.25) is 0 Å². The van der Waals surface area contributed by atoms with Gasteiger partial charge >= 0.3 is 0 Å². The highest BCUT2D eigenvalue weighted by Crippen LogP contribution is 2.20. The standard InChI is InChI=1S/C15H16ClFO2/c16-8-2-1-4-12-6-7-13(10-15(12)17)19-14-5-3-9-18-11-14/h6-7,10,14H,2-3,5,8-9,11H2. The average Bonchev–Trinajstić information content (AvgIpc) is 2.43. The summed E-state index contributed by atoms with van der Waals surface area (Å²) in [5, 5.41) is 0. The summed E-state index contributed by atoms with van der Waals surface area (Å²) in [6, 6.07) is 4.75. The summed E-state index contributed by atoms with van der Waals surface area (Å²) in [4.78, 5) is 0. The lowest BCUT2D eigenvalue weighted by Gasteiger charge is -2.23. The lowest BCUT2D eigenvalue weighted by Crippen LogP contribution is -2.28. The van der Waals surface area contributed by atoms with E-state index in [1.54, 1.807) is 12.1 Å². The Morgan fingerprint density at radius 2 is 2.37 bits per heavy atom. The predicted molar refractivity (Wildman–Crippen MR) is 73.1 cm³/mol. The molecule has 19 heavy (non-hydrogen) atoms. The van der Waals surface area contributed by atoms with Gasteiger partial charge in [-0.2, -0.15) is 0 Å². The Morgan fingerprint density at radius 3 is 3.05 bits per heavy atom. The zero-order chi connectivity index (χ0) is 13.5. The predicted octanol–water partition coefficient (Wildman–Crippen LogP) is 3.36. The van der Waals surface area contributed by atoms with Crippen LogP contribution < -0.4 is 4.74 Å². The molecule has 0 saturated carbocycles. The molecule has 0 aromatic heterocycles. The van der Waals surface area contributed by atoms with E-state index >= 15 is 0 Å². The van der Waals surface area contributed by atoms with Gasteiger partial charge in [-0.15, -0.1) is 11.6 Å².